The highest BCUT2D eigenvalue weighted by molar-refractivity contribution is 5.97. The van der Waals surface area contributed by atoms with Crippen LogP contribution in [0, 0.1) is 0 Å². The SMILES string of the molecule is COc1ccc(CCC(C)(C)NCC(=O)c2ccccc2)cc1. The summed E-state index contributed by atoms with van der Waals surface area (Å²) in [6, 6.07) is 17.5. The molecule has 3 heteroatoms. The third-order valence-corrected chi connectivity index (χ3v) is 4.02. The fourth-order valence-corrected chi connectivity index (χ4v) is 2.38. The van der Waals surface area contributed by atoms with E-state index in [4.69, 9.17) is 4.74 Å². The summed E-state index contributed by atoms with van der Waals surface area (Å²) in [5.74, 6) is 1.00. The minimum Gasteiger partial charge on any atom is -0.497 e. The molecule has 0 aromatic heterocycles. The quantitative estimate of drug-likeness (QED) is 0.752. The average Bonchev–Trinajstić information content (AvgIpc) is 2.59. The molecule has 0 saturated carbocycles. The van der Waals surface area contributed by atoms with Gasteiger partial charge >= 0.3 is 0 Å². The lowest BCUT2D eigenvalue weighted by Crippen LogP contribution is -2.42. The lowest BCUT2D eigenvalue weighted by atomic mass is 9.95. The summed E-state index contributed by atoms with van der Waals surface area (Å²) < 4.78 is 5.17. The fraction of sp³-hybridized carbons (Fsp3) is 0.350. The van der Waals surface area contributed by atoms with E-state index in [9.17, 15) is 4.79 Å². The predicted octanol–water partition coefficient (Wildman–Crippen LogP) is 3.88. The second kappa shape index (κ2) is 7.93. The Morgan fingerprint density at radius 2 is 1.70 bits per heavy atom. The standard InChI is InChI=1S/C20H25NO2/c1-20(2,14-13-16-9-11-18(23-3)12-10-16)21-15-19(22)17-7-5-4-6-8-17/h4-12,21H,13-15H2,1-3H3. The molecule has 0 aliphatic rings. The molecule has 0 heterocycles. The fourth-order valence-electron chi connectivity index (χ4n) is 2.38. The molecular formula is C20H25NO2. The lowest BCUT2D eigenvalue weighted by molar-refractivity contribution is 0.0979. The average molecular weight is 311 g/mol. The van der Waals surface area contributed by atoms with Crippen LogP contribution in [0.2, 0.25) is 0 Å². The van der Waals surface area contributed by atoms with Crippen molar-refractivity contribution in [2.75, 3.05) is 13.7 Å². The van der Waals surface area contributed by atoms with Crippen molar-refractivity contribution in [2.24, 2.45) is 0 Å². The maximum atomic E-state index is 12.2. The van der Waals surface area contributed by atoms with Gasteiger partial charge in [-0.1, -0.05) is 42.5 Å². The van der Waals surface area contributed by atoms with Crippen LogP contribution in [0.4, 0.5) is 0 Å². The van der Waals surface area contributed by atoms with Gasteiger partial charge in [0.25, 0.3) is 0 Å². The Balaban J connectivity index is 1.82. The van der Waals surface area contributed by atoms with Crippen LogP contribution < -0.4 is 10.1 Å². The van der Waals surface area contributed by atoms with Crippen LogP contribution >= 0.6 is 0 Å². The summed E-state index contributed by atoms with van der Waals surface area (Å²) in [6.07, 6.45) is 1.92. The highest BCUT2D eigenvalue weighted by Gasteiger charge is 2.18. The van der Waals surface area contributed by atoms with Gasteiger partial charge in [0.15, 0.2) is 5.78 Å². The van der Waals surface area contributed by atoms with E-state index >= 15 is 0 Å². The highest BCUT2D eigenvalue weighted by atomic mass is 16.5. The monoisotopic (exact) mass is 311 g/mol. The Labute approximate surface area is 138 Å². The van der Waals surface area contributed by atoms with E-state index in [-0.39, 0.29) is 11.3 Å². The van der Waals surface area contributed by atoms with E-state index in [1.807, 2.05) is 42.5 Å². The molecular weight excluding hydrogens is 286 g/mol. The Hall–Kier alpha value is -2.13. The maximum absolute atomic E-state index is 12.2. The summed E-state index contributed by atoms with van der Waals surface area (Å²) in [5.41, 5.74) is 1.94. The summed E-state index contributed by atoms with van der Waals surface area (Å²) in [5, 5.41) is 3.38. The van der Waals surface area contributed by atoms with Crippen LogP contribution in [0.15, 0.2) is 54.6 Å². The van der Waals surface area contributed by atoms with E-state index in [2.05, 4.69) is 31.3 Å². The number of carbonyl (C=O) groups excluding carboxylic acids is 1. The number of nitrogens with one attached hydrogen (secondary N) is 1. The number of hydrogen-bond donors (Lipinski definition) is 1. The largest absolute Gasteiger partial charge is 0.497 e. The first kappa shape index (κ1) is 17.2. The minimum atomic E-state index is -0.0929. The zero-order chi connectivity index (χ0) is 16.7. The maximum Gasteiger partial charge on any atom is 0.176 e. The van der Waals surface area contributed by atoms with Crippen LogP contribution in [0.25, 0.3) is 0 Å². The van der Waals surface area contributed by atoms with Crippen LogP contribution in [0.3, 0.4) is 0 Å². The molecule has 2 aromatic carbocycles. The Morgan fingerprint density at radius 1 is 1.04 bits per heavy atom. The number of ketones is 1. The first-order valence-corrected chi connectivity index (χ1v) is 7.96. The third-order valence-electron chi connectivity index (χ3n) is 4.02. The molecule has 0 amide bonds. The molecule has 1 N–H and O–H groups in total. The van der Waals surface area contributed by atoms with Gasteiger partial charge in [-0.2, -0.15) is 0 Å². The smallest absolute Gasteiger partial charge is 0.176 e. The number of aryl methyl sites for hydroxylation is 1. The highest BCUT2D eigenvalue weighted by Crippen LogP contribution is 2.17. The van der Waals surface area contributed by atoms with Crippen molar-refractivity contribution in [2.45, 2.75) is 32.2 Å². The number of hydrogen-bond acceptors (Lipinski definition) is 3. The molecule has 122 valence electrons. The van der Waals surface area contributed by atoms with Crippen molar-refractivity contribution in [1.82, 2.24) is 5.32 Å². The zero-order valence-electron chi connectivity index (χ0n) is 14.1. The zero-order valence-corrected chi connectivity index (χ0v) is 14.1. The molecule has 2 rings (SSSR count). The van der Waals surface area contributed by atoms with Crippen molar-refractivity contribution < 1.29 is 9.53 Å². The number of rotatable bonds is 8. The van der Waals surface area contributed by atoms with Crippen LogP contribution in [0.5, 0.6) is 5.75 Å². The summed E-state index contributed by atoms with van der Waals surface area (Å²) in [6.45, 7) is 4.63. The van der Waals surface area contributed by atoms with Gasteiger partial charge in [0.2, 0.25) is 0 Å². The Kier molecular flexibility index (Phi) is 5.94. The van der Waals surface area contributed by atoms with Crippen LogP contribution in [-0.2, 0) is 6.42 Å². The van der Waals surface area contributed by atoms with Crippen molar-refractivity contribution >= 4 is 5.78 Å². The van der Waals surface area contributed by atoms with Gasteiger partial charge in [0, 0.05) is 11.1 Å². The first-order chi connectivity index (χ1) is 11.0. The molecule has 3 nitrogen and oxygen atoms in total. The third kappa shape index (κ3) is 5.53. The van der Waals surface area contributed by atoms with Gasteiger partial charge in [0.05, 0.1) is 13.7 Å². The molecule has 0 bridgehead atoms. The van der Waals surface area contributed by atoms with Crippen molar-refractivity contribution in [3.05, 3.63) is 65.7 Å². The number of Topliss-reactive ketones (excluding diaryl/α,β-unsaturated/α-hetero) is 1. The van der Waals surface area contributed by atoms with Gasteiger partial charge in [-0.25, -0.2) is 0 Å². The van der Waals surface area contributed by atoms with Crippen molar-refractivity contribution in [1.29, 1.82) is 0 Å². The molecule has 0 radical (unpaired) electrons. The van der Waals surface area contributed by atoms with Crippen molar-refractivity contribution in [3.8, 4) is 5.75 Å². The summed E-state index contributed by atoms with van der Waals surface area (Å²) in [7, 11) is 1.67. The second-order valence-corrected chi connectivity index (χ2v) is 6.37. The number of benzene rings is 2. The molecule has 0 spiro atoms. The first-order valence-electron chi connectivity index (χ1n) is 7.96. The van der Waals surface area contributed by atoms with Crippen LogP contribution in [0.1, 0.15) is 36.2 Å². The Bertz CT molecular complexity index is 618. The molecule has 0 aliphatic heterocycles. The lowest BCUT2D eigenvalue weighted by Gasteiger charge is -2.26. The molecule has 0 saturated heterocycles. The second-order valence-electron chi connectivity index (χ2n) is 6.37. The van der Waals surface area contributed by atoms with E-state index in [0.29, 0.717) is 6.54 Å². The molecule has 0 aliphatic carbocycles. The summed E-state index contributed by atoms with van der Waals surface area (Å²) >= 11 is 0. The molecule has 23 heavy (non-hydrogen) atoms. The van der Waals surface area contributed by atoms with Gasteiger partial charge in [0.1, 0.15) is 5.75 Å². The molecule has 2 aromatic rings. The minimum absolute atomic E-state index is 0.0929. The van der Waals surface area contributed by atoms with Gasteiger partial charge in [-0.3, -0.25) is 4.79 Å². The van der Waals surface area contributed by atoms with Gasteiger partial charge in [-0.15, -0.1) is 0 Å². The summed E-state index contributed by atoms with van der Waals surface area (Å²) in [4.78, 5) is 12.2. The number of ether oxygens (including phenoxy) is 1. The number of methoxy groups -OCH3 is 1. The molecule has 0 fully saturated rings. The molecule has 0 unspecified atom stereocenters. The van der Waals surface area contributed by atoms with Crippen LogP contribution in [-0.4, -0.2) is 25.0 Å². The van der Waals surface area contributed by atoms with E-state index in [1.165, 1.54) is 5.56 Å². The topological polar surface area (TPSA) is 38.3 Å². The Morgan fingerprint density at radius 3 is 2.30 bits per heavy atom. The normalized spacial score (nSPS) is 11.3. The molecule has 0 atom stereocenters. The number of carbonyl (C=O) groups is 1. The van der Waals surface area contributed by atoms with Gasteiger partial charge in [-0.05, 0) is 44.4 Å². The van der Waals surface area contributed by atoms with E-state index in [0.717, 1.165) is 24.2 Å². The van der Waals surface area contributed by atoms with Gasteiger partial charge < -0.3 is 10.1 Å². The van der Waals surface area contributed by atoms with E-state index in [1.54, 1.807) is 7.11 Å². The van der Waals surface area contributed by atoms with E-state index < -0.39 is 0 Å². The predicted molar refractivity (Wildman–Crippen MR) is 94.2 cm³/mol. The van der Waals surface area contributed by atoms with Crippen molar-refractivity contribution in [3.63, 3.8) is 0 Å².